The Morgan fingerprint density at radius 3 is 2.50 bits per heavy atom. The summed E-state index contributed by atoms with van der Waals surface area (Å²) in [6, 6.07) is 1.15. The van der Waals surface area contributed by atoms with Crippen molar-refractivity contribution >= 4 is 21.6 Å². The van der Waals surface area contributed by atoms with Gasteiger partial charge < -0.3 is 4.98 Å². The molecule has 0 unspecified atom stereocenters. The van der Waals surface area contributed by atoms with Gasteiger partial charge in [-0.05, 0) is 12.0 Å². The van der Waals surface area contributed by atoms with Crippen molar-refractivity contribution < 1.29 is 8.42 Å². The van der Waals surface area contributed by atoms with Crippen LogP contribution in [0.15, 0.2) is 22.0 Å². The molecule has 18 heavy (non-hydrogen) atoms. The van der Waals surface area contributed by atoms with Crippen molar-refractivity contribution in [1.29, 1.82) is 0 Å². The van der Waals surface area contributed by atoms with E-state index in [9.17, 15) is 13.2 Å². The molecule has 1 aromatic rings. The van der Waals surface area contributed by atoms with Crippen LogP contribution >= 0.6 is 11.6 Å². The van der Waals surface area contributed by atoms with Crippen LogP contribution in [0.5, 0.6) is 0 Å². The zero-order valence-electron chi connectivity index (χ0n) is 10.4. The molecule has 1 heterocycles. The van der Waals surface area contributed by atoms with E-state index in [0.717, 1.165) is 25.1 Å². The third kappa shape index (κ3) is 3.83. The molecule has 0 aliphatic rings. The summed E-state index contributed by atoms with van der Waals surface area (Å²) in [4.78, 5) is 13.3. The monoisotopic (exact) mass is 292 g/mol. The van der Waals surface area contributed by atoms with Crippen molar-refractivity contribution in [2.45, 2.75) is 31.6 Å². The lowest BCUT2D eigenvalue weighted by atomic mass is 10.0. The molecule has 0 aliphatic carbocycles. The smallest absolute Gasteiger partial charge is 0.266 e. The Bertz CT molecular complexity index is 550. The van der Waals surface area contributed by atoms with Crippen LogP contribution in [-0.4, -0.2) is 19.9 Å². The topological polar surface area (TPSA) is 79.0 Å². The number of aromatic amines is 1. The molecule has 0 aliphatic heterocycles. The summed E-state index contributed by atoms with van der Waals surface area (Å²) in [5, 5.41) is -0.139. The minimum Gasteiger partial charge on any atom is -0.326 e. The van der Waals surface area contributed by atoms with Gasteiger partial charge in [0.1, 0.15) is 5.02 Å². The van der Waals surface area contributed by atoms with E-state index in [-0.39, 0.29) is 9.92 Å². The molecular weight excluding hydrogens is 276 g/mol. The van der Waals surface area contributed by atoms with E-state index in [1.54, 1.807) is 0 Å². The largest absolute Gasteiger partial charge is 0.326 e. The molecule has 1 aromatic heterocycles. The maximum absolute atomic E-state index is 11.9. The van der Waals surface area contributed by atoms with Crippen molar-refractivity contribution in [3.63, 3.8) is 0 Å². The van der Waals surface area contributed by atoms with Gasteiger partial charge in [-0.25, -0.2) is 13.1 Å². The van der Waals surface area contributed by atoms with E-state index in [0.29, 0.717) is 12.5 Å². The van der Waals surface area contributed by atoms with Crippen molar-refractivity contribution in [3.8, 4) is 0 Å². The minimum absolute atomic E-state index is 0.0296. The Balaban J connectivity index is 2.86. The van der Waals surface area contributed by atoms with Crippen LogP contribution in [0, 0.1) is 5.92 Å². The van der Waals surface area contributed by atoms with Gasteiger partial charge in [0.05, 0.1) is 4.90 Å². The molecule has 0 saturated carbocycles. The van der Waals surface area contributed by atoms with Gasteiger partial charge in [-0.2, -0.15) is 0 Å². The highest BCUT2D eigenvalue weighted by atomic mass is 35.5. The lowest BCUT2D eigenvalue weighted by molar-refractivity contribution is 0.479. The summed E-state index contributed by atoms with van der Waals surface area (Å²) in [6.45, 7) is 4.41. The molecule has 0 saturated heterocycles. The van der Waals surface area contributed by atoms with Gasteiger partial charge in [-0.1, -0.05) is 38.3 Å². The summed E-state index contributed by atoms with van der Waals surface area (Å²) in [6.07, 6.45) is 2.96. The zero-order valence-corrected chi connectivity index (χ0v) is 11.9. The number of pyridine rings is 1. The van der Waals surface area contributed by atoms with E-state index in [2.05, 4.69) is 9.71 Å². The lowest BCUT2D eigenvalue weighted by Gasteiger charge is -2.13. The second-order valence-corrected chi connectivity index (χ2v) is 6.22. The highest BCUT2D eigenvalue weighted by Gasteiger charge is 2.16. The van der Waals surface area contributed by atoms with Crippen molar-refractivity contribution in [3.05, 3.63) is 27.6 Å². The fraction of sp³-hybridized carbons (Fsp3) is 0.545. The van der Waals surface area contributed by atoms with Gasteiger partial charge >= 0.3 is 0 Å². The summed E-state index contributed by atoms with van der Waals surface area (Å²) >= 11 is 5.60. The highest BCUT2D eigenvalue weighted by Crippen LogP contribution is 2.12. The Morgan fingerprint density at radius 1 is 1.39 bits per heavy atom. The number of aromatic nitrogens is 1. The molecular formula is C11H17ClN2O3S. The first-order valence-electron chi connectivity index (χ1n) is 5.78. The highest BCUT2D eigenvalue weighted by molar-refractivity contribution is 7.89. The third-order valence-corrected chi connectivity index (χ3v) is 4.54. The molecule has 1 rings (SSSR count). The first-order valence-corrected chi connectivity index (χ1v) is 7.64. The second-order valence-electron chi connectivity index (χ2n) is 4.05. The molecule has 5 nitrogen and oxygen atoms in total. The van der Waals surface area contributed by atoms with Gasteiger partial charge in [0.15, 0.2) is 0 Å². The zero-order chi connectivity index (χ0) is 13.8. The number of sulfonamides is 1. The fourth-order valence-electron chi connectivity index (χ4n) is 1.48. The number of hydrogen-bond acceptors (Lipinski definition) is 3. The Kier molecular flexibility index (Phi) is 5.37. The van der Waals surface area contributed by atoms with Crippen LogP contribution in [0.3, 0.4) is 0 Å². The molecule has 7 heteroatoms. The van der Waals surface area contributed by atoms with Crippen LogP contribution < -0.4 is 10.3 Å². The molecule has 0 spiro atoms. The molecule has 0 atom stereocenters. The predicted molar refractivity (Wildman–Crippen MR) is 71.3 cm³/mol. The molecule has 0 bridgehead atoms. The van der Waals surface area contributed by atoms with Gasteiger partial charge in [0, 0.05) is 12.7 Å². The fourth-order valence-corrected chi connectivity index (χ4v) is 2.83. The summed E-state index contributed by atoms with van der Waals surface area (Å²) in [5.74, 6) is 0.304. The standard InChI is InChI=1S/C11H17ClN2O3S/c1-3-8(4-2)6-14-18(16,17)9-5-10(12)11(15)13-7-9/h5,7-8,14H,3-4,6H2,1-2H3,(H,13,15). The van der Waals surface area contributed by atoms with E-state index < -0.39 is 15.6 Å². The first kappa shape index (κ1) is 15.2. The van der Waals surface area contributed by atoms with Crippen LogP contribution in [0.1, 0.15) is 26.7 Å². The quantitative estimate of drug-likeness (QED) is 0.838. The average molecular weight is 293 g/mol. The summed E-state index contributed by atoms with van der Waals surface area (Å²) in [7, 11) is -3.62. The van der Waals surface area contributed by atoms with E-state index in [4.69, 9.17) is 11.6 Å². The lowest BCUT2D eigenvalue weighted by Crippen LogP contribution is -2.29. The minimum atomic E-state index is -3.62. The number of halogens is 1. The van der Waals surface area contributed by atoms with Crippen LogP contribution in [0.25, 0.3) is 0 Å². The number of H-pyrrole nitrogens is 1. The van der Waals surface area contributed by atoms with Gasteiger partial charge in [0.25, 0.3) is 5.56 Å². The van der Waals surface area contributed by atoms with E-state index in [1.165, 1.54) is 0 Å². The molecule has 0 fully saturated rings. The van der Waals surface area contributed by atoms with Crippen LogP contribution in [0.2, 0.25) is 5.02 Å². The molecule has 2 N–H and O–H groups in total. The number of rotatable bonds is 6. The summed E-state index contributed by atoms with van der Waals surface area (Å²) in [5.41, 5.74) is -0.504. The Hall–Kier alpha value is -0.850. The first-order chi connectivity index (χ1) is 8.40. The van der Waals surface area contributed by atoms with Gasteiger partial charge in [0.2, 0.25) is 10.0 Å². The normalized spacial score (nSPS) is 12.0. The molecule has 0 aromatic carbocycles. The summed E-state index contributed by atoms with van der Waals surface area (Å²) < 4.78 is 26.4. The van der Waals surface area contributed by atoms with Gasteiger partial charge in [-0.15, -0.1) is 0 Å². The van der Waals surface area contributed by atoms with Crippen LogP contribution in [-0.2, 0) is 10.0 Å². The van der Waals surface area contributed by atoms with Crippen molar-refractivity contribution in [2.75, 3.05) is 6.54 Å². The average Bonchev–Trinajstić information content (AvgIpc) is 2.33. The maximum atomic E-state index is 11.9. The Morgan fingerprint density at radius 2 is 2.00 bits per heavy atom. The maximum Gasteiger partial charge on any atom is 0.266 e. The predicted octanol–water partition coefficient (Wildman–Crippen LogP) is 1.74. The molecule has 0 radical (unpaired) electrons. The molecule has 102 valence electrons. The Labute approximate surface area is 112 Å². The second kappa shape index (κ2) is 6.36. The van der Waals surface area contributed by atoms with Gasteiger partial charge in [-0.3, -0.25) is 4.79 Å². The van der Waals surface area contributed by atoms with E-state index in [1.807, 2.05) is 13.8 Å². The third-order valence-electron chi connectivity index (χ3n) is 2.86. The number of hydrogen-bond donors (Lipinski definition) is 2. The SMILES string of the molecule is CCC(CC)CNS(=O)(=O)c1c[nH]c(=O)c(Cl)c1. The van der Waals surface area contributed by atoms with Crippen molar-refractivity contribution in [2.24, 2.45) is 5.92 Å². The molecule has 0 amide bonds. The van der Waals surface area contributed by atoms with Crippen molar-refractivity contribution in [1.82, 2.24) is 9.71 Å². The number of nitrogens with one attached hydrogen (secondary N) is 2. The van der Waals surface area contributed by atoms with Crippen LogP contribution in [0.4, 0.5) is 0 Å². The van der Waals surface area contributed by atoms with E-state index >= 15 is 0 Å².